The van der Waals surface area contributed by atoms with E-state index in [4.69, 9.17) is 9.15 Å². The molecule has 1 aromatic heterocycles. The minimum atomic E-state index is 0.121. The molecular formula is C18H23NO2. The molecule has 2 aromatic rings. The van der Waals surface area contributed by atoms with Crippen LogP contribution in [0.15, 0.2) is 34.7 Å². The molecule has 1 atom stereocenters. The van der Waals surface area contributed by atoms with E-state index >= 15 is 0 Å². The van der Waals surface area contributed by atoms with Crippen LogP contribution in [0, 0.1) is 0 Å². The molecule has 2 heterocycles. The van der Waals surface area contributed by atoms with Crippen LogP contribution in [-0.2, 0) is 24.4 Å². The highest BCUT2D eigenvalue weighted by Crippen LogP contribution is 2.28. The van der Waals surface area contributed by atoms with E-state index in [0.29, 0.717) is 0 Å². The second-order valence-electron chi connectivity index (χ2n) is 5.57. The van der Waals surface area contributed by atoms with Crippen molar-refractivity contribution in [1.29, 1.82) is 0 Å². The Bertz CT molecular complexity index is 603. The minimum Gasteiger partial charge on any atom is -0.464 e. The van der Waals surface area contributed by atoms with Crippen molar-refractivity contribution in [3.05, 3.63) is 58.5 Å². The van der Waals surface area contributed by atoms with Crippen LogP contribution < -0.4 is 5.32 Å². The number of benzene rings is 1. The van der Waals surface area contributed by atoms with Crippen LogP contribution in [0.3, 0.4) is 0 Å². The number of rotatable bonds is 6. The van der Waals surface area contributed by atoms with Crippen LogP contribution >= 0.6 is 0 Å². The van der Waals surface area contributed by atoms with Crippen molar-refractivity contribution in [3.63, 3.8) is 0 Å². The van der Waals surface area contributed by atoms with E-state index in [1.54, 1.807) is 0 Å². The van der Waals surface area contributed by atoms with E-state index in [2.05, 4.69) is 49.5 Å². The molecule has 0 bridgehead atoms. The SMILES string of the molecule is CCCNC(c1ccc2c(c1)COC2)c1ccc(CC)o1. The van der Waals surface area contributed by atoms with Gasteiger partial charge in [0.05, 0.1) is 19.3 Å². The summed E-state index contributed by atoms with van der Waals surface area (Å²) in [6.07, 6.45) is 2.03. The summed E-state index contributed by atoms with van der Waals surface area (Å²) in [5, 5.41) is 3.60. The fourth-order valence-corrected chi connectivity index (χ4v) is 2.78. The minimum absolute atomic E-state index is 0.121. The maximum absolute atomic E-state index is 5.97. The van der Waals surface area contributed by atoms with Gasteiger partial charge in [0.15, 0.2) is 0 Å². The van der Waals surface area contributed by atoms with Gasteiger partial charge in [-0.3, -0.25) is 0 Å². The van der Waals surface area contributed by atoms with E-state index < -0.39 is 0 Å². The summed E-state index contributed by atoms with van der Waals surface area (Å²) >= 11 is 0. The highest BCUT2D eigenvalue weighted by atomic mass is 16.5. The van der Waals surface area contributed by atoms with Crippen LogP contribution in [-0.4, -0.2) is 6.54 Å². The zero-order valence-electron chi connectivity index (χ0n) is 12.8. The first kappa shape index (κ1) is 14.4. The van der Waals surface area contributed by atoms with Crippen molar-refractivity contribution in [2.45, 2.75) is 45.9 Å². The zero-order chi connectivity index (χ0) is 14.7. The van der Waals surface area contributed by atoms with Gasteiger partial charge in [0.1, 0.15) is 11.5 Å². The van der Waals surface area contributed by atoms with Gasteiger partial charge in [-0.15, -0.1) is 0 Å². The average Bonchev–Trinajstić information content (AvgIpc) is 3.16. The van der Waals surface area contributed by atoms with E-state index in [1.165, 1.54) is 16.7 Å². The van der Waals surface area contributed by atoms with Crippen molar-refractivity contribution in [2.75, 3.05) is 6.54 Å². The topological polar surface area (TPSA) is 34.4 Å². The summed E-state index contributed by atoms with van der Waals surface area (Å²) in [7, 11) is 0. The summed E-state index contributed by atoms with van der Waals surface area (Å²) in [6, 6.07) is 10.9. The molecule has 3 nitrogen and oxygen atoms in total. The molecule has 3 rings (SSSR count). The van der Waals surface area contributed by atoms with E-state index in [-0.39, 0.29) is 6.04 Å². The van der Waals surface area contributed by atoms with Gasteiger partial charge < -0.3 is 14.5 Å². The number of furan rings is 1. The van der Waals surface area contributed by atoms with Crippen LogP contribution in [0.2, 0.25) is 0 Å². The van der Waals surface area contributed by atoms with Crippen molar-refractivity contribution in [2.24, 2.45) is 0 Å². The molecule has 0 fully saturated rings. The molecule has 1 aliphatic heterocycles. The molecule has 1 N–H and O–H groups in total. The molecule has 0 radical (unpaired) electrons. The van der Waals surface area contributed by atoms with Crippen LogP contribution in [0.1, 0.15) is 54.5 Å². The van der Waals surface area contributed by atoms with E-state index in [9.17, 15) is 0 Å². The zero-order valence-corrected chi connectivity index (χ0v) is 12.8. The Morgan fingerprint density at radius 1 is 1.10 bits per heavy atom. The normalized spacial score (nSPS) is 15.1. The summed E-state index contributed by atoms with van der Waals surface area (Å²) < 4.78 is 11.5. The highest BCUT2D eigenvalue weighted by Gasteiger charge is 2.20. The standard InChI is InChI=1S/C18H23NO2/c1-3-9-19-18(17-8-7-16(4-2)21-17)13-5-6-14-11-20-12-15(14)10-13/h5-8,10,18-19H,3-4,9,11-12H2,1-2H3. The van der Waals surface area contributed by atoms with E-state index in [0.717, 1.165) is 44.1 Å². The Morgan fingerprint density at radius 2 is 1.95 bits per heavy atom. The number of hydrogen-bond acceptors (Lipinski definition) is 3. The first-order valence-electron chi connectivity index (χ1n) is 7.83. The third kappa shape index (κ3) is 3.04. The van der Waals surface area contributed by atoms with Gasteiger partial charge >= 0.3 is 0 Å². The number of ether oxygens (including phenoxy) is 1. The van der Waals surface area contributed by atoms with Crippen LogP contribution in [0.5, 0.6) is 0 Å². The largest absolute Gasteiger partial charge is 0.464 e. The van der Waals surface area contributed by atoms with Gasteiger partial charge in [-0.25, -0.2) is 0 Å². The number of aryl methyl sites for hydroxylation is 1. The molecule has 3 heteroatoms. The van der Waals surface area contributed by atoms with Crippen molar-refractivity contribution in [3.8, 4) is 0 Å². The first-order chi connectivity index (χ1) is 10.3. The van der Waals surface area contributed by atoms with Gasteiger partial charge in [0.25, 0.3) is 0 Å². The van der Waals surface area contributed by atoms with Crippen LogP contribution in [0.25, 0.3) is 0 Å². The summed E-state index contributed by atoms with van der Waals surface area (Å²) in [6.45, 7) is 6.73. The van der Waals surface area contributed by atoms with Crippen molar-refractivity contribution in [1.82, 2.24) is 5.32 Å². The second-order valence-corrected chi connectivity index (χ2v) is 5.57. The molecule has 1 aliphatic rings. The predicted molar refractivity (Wildman–Crippen MR) is 83.2 cm³/mol. The van der Waals surface area contributed by atoms with Gasteiger partial charge in [-0.1, -0.05) is 32.0 Å². The molecule has 21 heavy (non-hydrogen) atoms. The lowest BCUT2D eigenvalue weighted by atomic mass is 9.99. The van der Waals surface area contributed by atoms with Gasteiger partial charge in [-0.2, -0.15) is 0 Å². The molecule has 0 saturated heterocycles. The summed E-state index contributed by atoms with van der Waals surface area (Å²) in [5.74, 6) is 2.04. The van der Waals surface area contributed by atoms with Crippen LogP contribution in [0.4, 0.5) is 0 Å². The third-order valence-electron chi connectivity index (χ3n) is 3.99. The lowest BCUT2D eigenvalue weighted by Gasteiger charge is -2.17. The molecule has 1 aromatic carbocycles. The third-order valence-corrected chi connectivity index (χ3v) is 3.99. The first-order valence-corrected chi connectivity index (χ1v) is 7.83. The van der Waals surface area contributed by atoms with Gasteiger partial charge in [0.2, 0.25) is 0 Å². The fourth-order valence-electron chi connectivity index (χ4n) is 2.78. The van der Waals surface area contributed by atoms with Gasteiger partial charge in [-0.05, 0) is 41.8 Å². The number of hydrogen-bond donors (Lipinski definition) is 1. The van der Waals surface area contributed by atoms with Gasteiger partial charge in [0, 0.05) is 6.42 Å². The maximum Gasteiger partial charge on any atom is 0.125 e. The lowest BCUT2D eigenvalue weighted by Crippen LogP contribution is -2.23. The second kappa shape index (κ2) is 6.46. The Balaban J connectivity index is 1.91. The molecule has 1 unspecified atom stereocenters. The Morgan fingerprint density at radius 3 is 2.71 bits per heavy atom. The molecule has 112 valence electrons. The Kier molecular flexibility index (Phi) is 4.42. The smallest absolute Gasteiger partial charge is 0.125 e. The maximum atomic E-state index is 5.97. The Labute approximate surface area is 126 Å². The molecule has 0 saturated carbocycles. The number of fused-ring (bicyclic) bond motifs is 1. The summed E-state index contributed by atoms with van der Waals surface area (Å²) in [4.78, 5) is 0. The highest BCUT2D eigenvalue weighted by molar-refractivity contribution is 5.37. The Hall–Kier alpha value is -1.58. The fraction of sp³-hybridized carbons (Fsp3) is 0.444. The monoisotopic (exact) mass is 285 g/mol. The lowest BCUT2D eigenvalue weighted by molar-refractivity contribution is 0.134. The quantitative estimate of drug-likeness (QED) is 0.872. The van der Waals surface area contributed by atoms with Crippen molar-refractivity contribution < 1.29 is 9.15 Å². The molecular weight excluding hydrogens is 262 g/mol. The average molecular weight is 285 g/mol. The predicted octanol–water partition coefficient (Wildman–Crippen LogP) is 3.96. The van der Waals surface area contributed by atoms with E-state index in [1.807, 2.05) is 0 Å². The molecule has 0 amide bonds. The molecule has 0 aliphatic carbocycles. The summed E-state index contributed by atoms with van der Waals surface area (Å²) in [5.41, 5.74) is 3.87. The van der Waals surface area contributed by atoms with Crippen molar-refractivity contribution >= 4 is 0 Å². The number of nitrogens with one attached hydrogen (secondary N) is 1. The molecule has 0 spiro atoms.